The quantitative estimate of drug-likeness (QED) is 0.210. The Kier molecular flexibility index (Phi) is 9.10. The molecule has 0 spiro atoms. The number of carbonyl (C=O) groups excluding carboxylic acids is 2. The molecule has 1 saturated heterocycles. The number of aryl methyl sites for hydroxylation is 2. The maximum atomic E-state index is 13.2. The van der Waals surface area contributed by atoms with Crippen molar-refractivity contribution in [2.24, 2.45) is 0 Å². The van der Waals surface area contributed by atoms with E-state index < -0.39 is 17.7 Å². The fourth-order valence-corrected chi connectivity index (χ4v) is 4.42. The number of unbranched alkanes of at least 4 members (excludes halogenated alkanes) is 1. The first kappa shape index (κ1) is 26.5. The number of likely N-dealkylation sites (tertiary alicyclic amines) is 1. The topological polar surface area (TPSA) is 70.1 Å². The number of benzene rings is 2. The Morgan fingerprint density at radius 2 is 1.77 bits per heavy atom. The molecule has 1 atom stereocenters. The third kappa shape index (κ3) is 6.12. The number of amides is 1. The molecule has 0 radical (unpaired) electrons. The van der Waals surface area contributed by atoms with Gasteiger partial charge in [-0.25, -0.2) is 0 Å². The van der Waals surface area contributed by atoms with Gasteiger partial charge in [-0.2, -0.15) is 0 Å². The van der Waals surface area contributed by atoms with Crippen molar-refractivity contribution in [3.8, 4) is 5.75 Å². The number of hydrogen-bond acceptors (Lipinski definition) is 5. The maximum absolute atomic E-state index is 13.2. The van der Waals surface area contributed by atoms with Gasteiger partial charge in [-0.3, -0.25) is 9.59 Å². The molecule has 1 fully saturated rings. The third-order valence-electron chi connectivity index (χ3n) is 6.47. The molecule has 0 saturated carbocycles. The Balaban J connectivity index is 2.03. The average Bonchev–Trinajstić information content (AvgIpc) is 3.09. The molecular formula is C29H38N2O4. The maximum Gasteiger partial charge on any atom is 0.295 e. The number of Topliss-reactive ketones (excluding diaryl/α,β-unsaturated/α-hetero) is 1. The van der Waals surface area contributed by atoms with Crippen molar-refractivity contribution in [3.05, 3.63) is 70.3 Å². The smallest absolute Gasteiger partial charge is 0.295 e. The summed E-state index contributed by atoms with van der Waals surface area (Å²) in [6.45, 7) is 7.93. The lowest BCUT2D eigenvalue weighted by Crippen LogP contribution is -2.32. The van der Waals surface area contributed by atoms with Gasteiger partial charge in [0, 0.05) is 12.1 Å². The van der Waals surface area contributed by atoms with Crippen molar-refractivity contribution in [1.29, 1.82) is 0 Å². The molecule has 0 unspecified atom stereocenters. The minimum atomic E-state index is -0.639. The van der Waals surface area contributed by atoms with Gasteiger partial charge in [0.1, 0.15) is 11.5 Å². The van der Waals surface area contributed by atoms with Gasteiger partial charge in [-0.05, 0) is 81.7 Å². The zero-order valence-electron chi connectivity index (χ0n) is 21.6. The van der Waals surface area contributed by atoms with Crippen LogP contribution in [0.15, 0.2) is 48.0 Å². The van der Waals surface area contributed by atoms with Crippen molar-refractivity contribution in [2.75, 3.05) is 33.8 Å². The van der Waals surface area contributed by atoms with Crippen molar-refractivity contribution < 1.29 is 19.4 Å². The summed E-state index contributed by atoms with van der Waals surface area (Å²) >= 11 is 0. The van der Waals surface area contributed by atoms with Crippen LogP contribution in [0, 0.1) is 6.92 Å². The zero-order valence-corrected chi connectivity index (χ0v) is 21.6. The Labute approximate surface area is 209 Å². The molecule has 2 aromatic carbocycles. The molecule has 1 amide bonds. The number of rotatable bonds is 11. The first-order valence-corrected chi connectivity index (χ1v) is 12.5. The summed E-state index contributed by atoms with van der Waals surface area (Å²) in [5.74, 6) is -0.615. The van der Waals surface area contributed by atoms with E-state index in [-0.39, 0.29) is 11.3 Å². The van der Waals surface area contributed by atoms with E-state index in [1.165, 1.54) is 5.56 Å². The van der Waals surface area contributed by atoms with Crippen LogP contribution in [0.25, 0.3) is 5.76 Å². The molecule has 2 aromatic rings. The van der Waals surface area contributed by atoms with E-state index in [0.717, 1.165) is 49.1 Å². The van der Waals surface area contributed by atoms with Crippen LogP contribution in [0.1, 0.15) is 61.4 Å². The standard InChI is InChI=1S/C29H38N2O4/c1-6-8-18-35-23-14-15-24(20(3)19-23)27(32)25-26(22-12-10-21(7-2)11-13-22)31(29(34)28(25)33)17-9-16-30(4)5/h10-15,19,26,32H,6-9,16-18H2,1-5H3/t26-/m0/s1. The van der Waals surface area contributed by atoms with Crippen molar-refractivity contribution in [1.82, 2.24) is 9.80 Å². The lowest BCUT2D eigenvalue weighted by molar-refractivity contribution is -0.139. The molecule has 1 N–H and O–H groups in total. The van der Waals surface area contributed by atoms with Gasteiger partial charge in [0.15, 0.2) is 0 Å². The lowest BCUT2D eigenvalue weighted by Gasteiger charge is -2.26. The monoisotopic (exact) mass is 478 g/mol. The SMILES string of the molecule is CCCCOc1ccc(C(O)=C2C(=O)C(=O)N(CCCN(C)C)[C@H]2c2ccc(CC)cc2)c(C)c1. The summed E-state index contributed by atoms with van der Waals surface area (Å²) in [4.78, 5) is 30.0. The van der Waals surface area contributed by atoms with E-state index in [9.17, 15) is 14.7 Å². The van der Waals surface area contributed by atoms with Crippen molar-refractivity contribution >= 4 is 17.4 Å². The second kappa shape index (κ2) is 12.0. The summed E-state index contributed by atoms with van der Waals surface area (Å²) in [7, 11) is 3.96. The van der Waals surface area contributed by atoms with Crippen LogP contribution in [0.3, 0.4) is 0 Å². The van der Waals surface area contributed by atoms with Gasteiger partial charge in [0.2, 0.25) is 0 Å². The minimum absolute atomic E-state index is 0.138. The van der Waals surface area contributed by atoms with Crippen LogP contribution in [0.2, 0.25) is 0 Å². The molecule has 6 heteroatoms. The molecule has 3 rings (SSSR count). The second-order valence-electron chi connectivity index (χ2n) is 9.42. The fourth-order valence-electron chi connectivity index (χ4n) is 4.42. The molecule has 1 aliphatic rings. The first-order chi connectivity index (χ1) is 16.8. The number of ketones is 1. The zero-order chi connectivity index (χ0) is 25.5. The molecular weight excluding hydrogens is 440 g/mol. The predicted octanol–water partition coefficient (Wildman–Crippen LogP) is 5.11. The van der Waals surface area contributed by atoms with Crippen molar-refractivity contribution in [2.45, 2.75) is 52.5 Å². The summed E-state index contributed by atoms with van der Waals surface area (Å²) in [5.41, 5.74) is 3.47. The summed E-state index contributed by atoms with van der Waals surface area (Å²) in [6, 6.07) is 12.8. The van der Waals surface area contributed by atoms with Crippen LogP contribution in [-0.2, 0) is 16.0 Å². The molecule has 35 heavy (non-hydrogen) atoms. The average molecular weight is 479 g/mol. The Hall–Kier alpha value is -3.12. The minimum Gasteiger partial charge on any atom is -0.507 e. The van der Waals surface area contributed by atoms with Crippen LogP contribution in [0.4, 0.5) is 0 Å². The number of carbonyl (C=O) groups is 2. The van der Waals surface area contributed by atoms with Gasteiger partial charge in [0.25, 0.3) is 11.7 Å². The number of ether oxygens (including phenoxy) is 1. The number of nitrogens with zero attached hydrogens (tertiary/aromatic N) is 2. The molecule has 0 bridgehead atoms. The molecule has 0 aromatic heterocycles. The van der Waals surface area contributed by atoms with E-state index in [4.69, 9.17) is 4.74 Å². The molecule has 6 nitrogen and oxygen atoms in total. The van der Waals surface area contributed by atoms with Crippen LogP contribution < -0.4 is 4.74 Å². The van der Waals surface area contributed by atoms with Gasteiger partial charge in [0.05, 0.1) is 18.2 Å². The Morgan fingerprint density at radius 1 is 1.06 bits per heavy atom. The van der Waals surface area contributed by atoms with E-state index in [0.29, 0.717) is 18.7 Å². The van der Waals surface area contributed by atoms with Gasteiger partial charge < -0.3 is 19.6 Å². The van der Waals surface area contributed by atoms with Crippen LogP contribution in [-0.4, -0.2) is 60.4 Å². The predicted molar refractivity (Wildman–Crippen MR) is 140 cm³/mol. The number of aliphatic hydroxyl groups excluding tert-OH is 1. The van der Waals surface area contributed by atoms with Crippen molar-refractivity contribution in [3.63, 3.8) is 0 Å². The Bertz CT molecular complexity index is 1070. The molecule has 1 heterocycles. The molecule has 0 aliphatic carbocycles. The Morgan fingerprint density at radius 3 is 2.37 bits per heavy atom. The summed E-state index contributed by atoms with van der Waals surface area (Å²) in [5, 5.41) is 11.4. The molecule has 188 valence electrons. The number of aliphatic hydroxyl groups is 1. The molecule has 1 aliphatic heterocycles. The van der Waals surface area contributed by atoms with Crippen LogP contribution >= 0.6 is 0 Å². The fraction of sp³-hybridized carbons (Fsp3) is 0.448. The highest BCUT2D eigenvalue weighted by atomic mass is 16.5. The van der Waals surface area contributed by atoms with Gasteiger partial charge in [-0.1, -0.05) is 44.5 Å². The normalized spacial score (nSPS) is 17.4. The summed E-state index contributed by atoms with van der Waals surface area (Å²) < 4.78 is 5.79. The van der Waals surface area contributed by atoms with E-state index in [2.05, 4.69) is 18.7 Å². The lowest BCUT2D eigenvalue weighted by atomic mass is 9.93. The third-order valence-corrected chi connectivity index (χ3v) is 6.47. The van der Waals surface area contributed by atoms with E-state index in [1.807, 2.05) is 51.4 Å². The largest absolute Gasteiger partial charge is 0.507 e. The summed E-state index contributed by atoms with van der Waals surface area (Å²) in [6.07, 6.45) is 3.64. The van der Waals surface area contributed by atoms with E-state index >= 15 is 0 Å². The highest BCUT2D eigenvalue weighted by Gasteiger charge is 2.45. The number of hydrogen-bond donors (Lipinski definition) is 1. The van der Waals surface area contributed by atoms with Gasteiger partial charge in [-0.15, -0.1) is 0 Å². The van der Waals surface area contributed by atoms with Crippen LogP contribution in [0.5, 0.6) is 5.75 Å². The second-order valence-corrected chi connectivity index (χ2v) is 9.42. The first-order valence-electron chi connectivity index (χ1n) is 12.5. The highest BCUT2D eigenvalue weighted by molar-refractivity contribution is 6.46. The highest BCUT2D eigenvalue weighted by Crippen LogP contribution is 2.40. The van der Waals surface area contributed by atoms with Gasteiger partial charge >= 0.3 is 0 Å². The van der Waals surface area contributed by atoms with E-state index in [1.54, 1.807) is 17.0 Å².